The van der Waals surface area contributed by atoms with Gasteiger partial charge in [0.25, 0.3) is 0 Å². The van der Waals surface area contributed by atoms with Crippen LogP contribution in [0, 0.1) is 0 Å². The zero-order valence-electron chi connectivity index (χ0n) is 16.3. The van der Waals surface area contributed by atoms with Gasteiger partial charge in [0.1, 0.15) is 0 Å². The molecule has 0 amide bonds. The molecule has 0 fully saturated rings. The van der Waals surface area contributed by atoms with Crippen LogP contribution in [0.3, 0.4) is 0 Å². The monoisotopic (exact) mass is 415 g/mol. The van der Waals surface area contributed by atoms with Crippen molar-refractivity contribution in [3.05, 3.63) is 96.1 Å². The average Bonchev–Trinajstić information content (AvgIpc) is 2.67. The van der Waals surface area contributed by atoms with E-state index in [9.17, 15) is 8.42 Å². The standard InChI is InChI=1S/C23H25NO2S.ClH/c1-23(2,3)24-22(18-12-6-4-7-13-18)20-16-10-11-17-21(20)27(25,26)19-14-8-5-9-15-19;/h4-17,22,24H,1-3H3;1H. The zero-order valence-corrected chi connectivity index (χ0v) is 17.9. The van der Waals surface area contributed by atoms with Crippen molar-refractivity contribution in [2.45, 2.75) is 42.1 Å². The molecular formula is C23H26ClNO2S. The molecule has 1 unspecified atom stereocenters. The van der Waals surface area contributed by atoms with E-state index in [1.54, 1.807) is 36.4 Å². The minimum atomic E-state index is -3.62. The summed E-state index contributed by atoms with van der Waals surface area (Å²) in [4.78, 5) is 0.641. The Balaban J connectivity index is 0.00000280. The van der Waals surface area contributed by atoms with Crippen LogP contribution < -0.4 is 5.32 Å². The Kier molecular flexibility index (Phi) is 7.05. The molecule has 3 aromatic carbocycles. The Hall–Kier alpha value is -2.14. The topological polar surface area (TPSA) is 46.2 Å². The van der Waals surface area contributed by atoms with E-state index in [2.05, 4.69) is 26.1 Å². The maximum absolute atomic E-state index is 13.3. The van der Waals surface area contributed by atoms with E-state index in [1.165, 1.54) is 0 Å². The molecule has 5 heteroatoms. The van der Waals surface area contributed by atoms with E-state index in [1.807, 2.05) is 48.5 Å². The Morgan fingerprint density at radius 3 is 1.82 bits per heavy atom. The zero-order chi connectivity index (χ0) is 19.5. The number of rotatable bonds is 5. The number of nitrogens with one attached hydrogen (secondary N) is 1. The molecule has 0 aliphatic rings. The first kappa shape index (κ1) is 22.2. The molecule has 0 aliphatic carbocycles. The quantitative estimate of drug-likeness (QED) is 0.605. The molecule has 3 aromatic rings. The molecule has 1 atom stereocenters. The van der Waals surface area contributed by atoms with Crippen LogP contribution in [0.1, 0.15) is 37.9 Å². The second kappa shape index (κ2) is 8.91. The fourth-order valence-electron chi connectivity index (χ4n) is 3.11. The Morgan fingerprint density at radius 2 is 1.25 bits per heavy atom. The SMILES string of the molecule is CC(C)(C)NC(c1ccccc1)c1ccccc1S(=O)(=O)c1ccccc1.Cl. The molecule has 0 aromatic heterocycles. The van der Waals surface area contributed by atoms with Crippen LogP contribution >= 0.6 is 12.4 Å². The van der Waals surface area contributed by atoms with E-state index in [4.69, 9.17) is 0 Å². The van der Waals surface area contributed by atoms with E-state index < -0.39 is 9.84 Å². The van der Waals surface area contributed by atoms with Gasteiger partial charge in [0.2, 0.25) is 9.84 Å². The smallest absolute Gasteiger partial charge is 0.206 e. The molecule has 3 nitrogen and oxygen atoms in total. The first-order valence-corrected chi connectivity index (χ1v) is 10.5. The van der Waals surface area contributed by atoms with Gasteiger partial charge < -0.3 is 5.32 Å². The third-order valence-electron chi connectivity index (χ3n) is 4.28. The van der Waals surface area contributed by atoms with Gasteiger partial charge in [-0.05, 0) is 50.1 Å². The van der Waals surface area contributed by atoms with Gasteiger partial charge in [-0.3, -0.25) is 0 Å². The van der Waals surface area contributed by atoms with Gasteiger partial charge in [0, 0.05) is 5.54 Å². The molecular weight excluding hydrogens is 390 g/mol. The summed E-state index contributed by atoms with van der Waals surface area (Å²) in [5, 5.41) is 3.59. The summed E-state index contributed by atoms with van der Waals surface area (Å²) < 4.78 is 26.7. The molecule has 0 saturated heterocycles. The summed E-state index contributed by atoms with van der Waals surface area (Å²) >= 11 is 0. The summed E-state index contributed by atoms with van der Waals surface area (Å²) in [7, 11) is -3.62. The highest BCUT2D eigenvalue weighted by Gasteiger charge is 2.28. The second-order valence-corrected chi connectivity index (χ2v) is 9.51. The highest BCUT2D eigenvalue weighted by Crippen LogP contribution is 2.32. The summed E-state index contributed by atoms with van der Waals surface area (Å²) in [5.74, 6) is 0. The van der Waals surface area contributed by atoms with Gasteiger partial charge in [-0.15, -0.1) is 12.4 Å². The van der Waals surface area contributed by atoms with Gasteiger partial charge in [-0.2, -0.15) is 0 Å². The van der Waals surface area contributed by atoms with Gasteiger partial charge in [-0.25, -0.2) is 8.42 Å². The maximum atomic E-state index is 13.3. The van der Waals surface area contributed by atoms with Gasteiger partial charge in [0.05, 0.1) is 15.8 Å². The van der Waals surface area contributed by atoms with Crippen LogP contribution in [0.4, 0.5) is 0 Å². The summed E-state index contributed by atoms with van der Waals surface area (Å²) in [6.07, 6.45) is 0. The molecule has 0 bridgehead atoms. The summed E-state index contributed by atoms with van der Waals surface area (Å²) in [6, 6.07) is 25.6. The van der Waals surface area contributed by atoms with Gasteiger partial charge in [-0.1, -0.05) is 66.7 Å². The number of hydrogen-bond acceptors (Lipinski definition) is 3. The molecule has 3 rings (SSSR count). The van der Waals surface area contributed by atoms with Crippen molar-refractivity contribution in [2.75, 3.05) is 0 Å². The minimum Gasteiger partial charge on any atom is -0.301 e. The third kappa shape index (κ3) is 5.02. The lowest BCUT2D eigenvalue weighted by Gasteiger charge is -2.30. The van der Waals surface area contributed by atoms with E-state index in [0.29, 0.717) is 9.79 Å². The number of benzene rings is 3. The van der Waals surface area contributed by atoms with Crippen LogP contribution in [0.25, 0.3) is 0 Å². The predicted molar refractivity (Wildman–Crippen MR) is 117 cm³/mol. The maximum Gasteiger partial charge on any atom is 0.206 e. The largest absolute Gasteiger partial charge is 0.301 e. The van der Waals surface area contributed by atoms with Crippen molar-refractivity contribution in [1.82, 2.24) is 5.32 Å². The lowest BCUT2D eigenvalue weighted by Crippen LogP contribution is -2.39. The Morgan fingerprint density at radius 1 is 0.750 bits per heavy atom. The van der Waals surface area contributed by atoms with Crippen molar-refractivity contribution >= 4 is 22.2 Å². The van der Waals surface area contributed by atoms with E-state index in [-0.39, 0.29) is 24.0 Å². The van der Waals surface area contributed by atoms with E-state index in [0.717, 1.165) is 11.1 Å². The van der Waals surface area contributed by atoms with Gasteiger partial charge in [0.15, 0.2) is 0 Å². The van der Waals surface area contributed by atoms with Crippen LogP contribution in [0.2, 0.25) is 0 Å². The minimum absolute atomic E-state index is 0. The number of hydrogen-bond donors (Lipinski definition) is 1. The highest BCUT2D eigenvalue weighted by molar-refractivity contribution is 7.91. The van der Waals surface area contributed by atoms with Crippen molar-refractivity contribution in [1.29, 1.82) is 0 Å². The molecule has 0 radical (unpaired) electrons. The molecule has 148 valence electrons. The van der Waals surface area contributed by atoms with Crippen LogP contribution in [0.15, 0.2) is 94.7 Å². The summed E-state index contributed by atoms with van der Waals surface area (Å²) in [6.45, 7) is 6.24. The summed E-state index contributed by atoms with van der Waals surface area (Å²) in [5.41, 5.74) is 1.59. The fraction of sp³-hybridized carbons (Fsp3) is 0.217. The first-order chi connectivity index (χ1) is 12.8. The average molecular weight is 416 g/mol. The number of sulfone groups is 1. The van der Waals surface area contributed by atoms with Crippen molar-refractivity contribution in [3.8, 4) is 0 Å². The lowest BCUT2D eigenvalue weighted by atomic mass is 9.95. The highest BCUT2D eigenvalue weighted by atomic mass is 35.5. The molecule has 0 saturated carbocycles. The normalized spacial score (nSPS) is 12.8. The molecule has 0 aliphatic heterocycles. The molecule has 1 N–H and O–H groups in total. The molecule has 0 heterocycles. The second-order valence-electron chi connectivity index (χ2n) is 7.59. The van der Waals surface area contributed by atoms with Crippen molar-refractivity contribution in [3.63, 3.8) is 0 Å². The number of halogens is 1. The van der Waals surface area contributed by atoms with Gasteiger partial charge >= 0.3 is 0 Å². The van der Waals surface area contributed by atoms with E-state index >= 15 is 0 Å². The first-order valence-electron chi connectivity index (χ1n) is 9.01. The lowest BCUT2D eigenvalue weighted by molar-refractivity contribution is 0.388. The Labute approximate surface area is 174 Å². The van der Waals surface area contributed by atoms with Crippen molar-refractivity contribution in [2.24, 2.45) is 0 Å². The van der Waals surface area contributed by atoms with Crippen LogP contribution in [0.5, 0.6) is 0 Å². The molecule has 28 heavy (non-hydrogen) atoms. The van der Waals surface area contributed by atoms with Crippen molar-refractivity contribution < 1.29 is 8.42 Å². The Bertz CT molecular complexity index is 998. The van der Waals surface area contributed by atoms with Crippen LogP contribution in [-0.4, -0.2) is 14.0 Å². The van der Waals surface area contributed by atoms with Crippen LogP contribution in [-0.2, 0) is 9.84 Å². The predicted octanol–water partition coefficient (Wildman–Crippen LogP) is 5.42. The molecule has 0 spiro atoms. The fourth-order valence-corrected chi connectivity index (χ4v) is 4.63. The third-order valence-corrected chi connectivity index (χ3v) is 6.13.